The summed E-state index contributed by atoms with van der Waals surface area (Å²) in [5.74, 6) is 0.894. The Kier molecular flexibility index (Phi) is 3.64. The van der Waals surface area contributed by atoms with E-state index in [0.717, 1.165) is 30.2 Å². The molecule has 0 atom stereocenters. The first-order valence-corrected chi connectivity index (χ1v) is 6.55. The molecule has 0 aliphatic rings. The van der Waals surface area contributed by atoms with Crippen molar-refractivity contribution >= 4 is 22.8 Å². The molecule has 0 unspecified atom stereocenters. The molecule has 0 aromatic carbocycles. The number of thiophene rings is 1. The van der Waals surface area contributed by atoms with Gasteiger partial charge < -0.3 is 11.1 Å². The summed E-state index contributed by atoms with van der Waals surface area (Å²) < 4.78 is 0. The topological polar surface area (TPSA) is 50.9 Å². The third-order valence-corrected chi connectivity index (χ3v) is 3.84. The Morgan fingerprint density at radius 1 is 1.29 bits per heavy atom. The molecular formula is C13H17N3S. The van der Waals surface area contributed by atoms with Crippen LogP contribution in [0.2, 0.25) is 0 Å². The minimum Gasteiger partial charge on any atom is -0.397 e. The van der Waals surface area contributed by atoms with E-state index in [2.05, 4.69) is 28.7 Å². The molecule has 0 aliphatic heterocycles. The van der Waals surface area contributed by atoms with E-state index in [0.29, 0.717) is 0 Å². The Bertz CT molecular complexity index is 505. The summed E-state index contributed by atoms with van der Waals surface area (Å²) in [7, 11) is 0. The van der Waals surface area contributed by atoms with Gasteiger partial charge in [0.1, 0.15) is 5.82 Å². The summed E-state index contributed by atoms with van der Waals surface area (Å²) in [4.78, 5) is 5.82. The van der Waals surface area contributed by atoms with Gasteiger partial charge in [-0.3, -0.25) is 0 Å². The lowest BCUT2D eigenvalue weighted by Crippen LogP contribution is -2.07. The van der Waals surface area contributed by atoms with Gasteiger partial charge in [0.25, 0.3) is 0 Å². The highest BCUT2D eigenvalue weighted by atomic mass is 32.1. The maximum absolute atomic E-state index is 5.73. The first-order valence-electron chi connectivity index (χ1n) is 5.67. The number of aryl methyl sites for hydroxylation is 2. The van der Waals surface area contributed by atoms with Crippen molar-refractivity contribution in [2.45, 2.75) is 20.3 Å². The summed E-state index contributed by atoms with van der Waals surface area (Å²) in [6, 6.07) is 5.97. The lowest BCUT2D eigenvalue weighted by molar-refractivity contribution is 1.01. The molecule has 0 saturated carbocycles. The van der Waals surface area contributed by atoms with E-state index in [1.807, 2.05) is 30.4 Å². The lowest BCUT2D eigenvalue weighted by Gasteiger charge is -2.07. The van der Waals surface area contributed by atoms with Crippen molar-refractivity contribution in [3.05, 3.63) is 39.7 Å². The van der Waals surface area contributed by atoms with Gasteiger partial charge in [0.15, 0.2) is 0 Å². The number of aromatic nitrogens is 1. The van der Waals surface area contributed by atoms with Crippen LogP contribution in [0.4, 0.5) is 11.5 Å². The van der Waals surface area contributed by atoms with E-state index >= 15 is 0 Å². The SMILES string of the molecule is Cc1ccsc1CCNc1ccc(N)c(C)n1. The predicted molar refractivity (Wildman–Crippen MR) is 74.6 cm³/mol. The molecule has 0 amide bonds. The van der Waals surface area contributed by atoms with Crippen molar-refractivity contribution in [1.29, 1.82) is 0 Å². The van der Waals surface area contributed by atoms with Gasteiger partial charge in [0.05, 0.1) is 11.4 Å². The van der Waals surface area contributed by atoms with Gasteiger partial charge in [-0.05, 0) is 49.4 Å². The molecule has 0 saturated heterocycles. The zero-order chi connectivity index (χ0) is 12.3. The van der Waals surface area contributed by atoms with Crippen LogP contribution in [-0.2, 0) is 6.42 Å². The van der Waals surface area contributed by atoms with E-state index in [1.165, 1.54) is 10.4 Å². The largest absolute Gasteiger partial charge is 0.397 e. The molecule has 0 radical (unpaired) electrons. The summed E-state index contributed by atoms with van der Waals surface area (Å²) >= 11 is 1.81. The molecule has 4 heteroatoms. The van der Waals surface area contributed by atoms with Crippen LogP contribution in [0.15, 0.2) is 23.6 Å². The number of nitrogen functional groups attached to an aromatic ring is 1. The van der Waals surface area contributed by atoms with Crippen molar-refractivity contribution in [3.63, 3.8) is 0 Å². The van der Waals surface area contributed by atoms with Crippen molar-refractivity contribution in [3.8, 4) is 0 Å². The smallest absolute Gasteiger partial charge is 0.126 e. The fourth-order valence-electron chi connectivity index (χ4n) is 1.63. The van der Waals surface area contributed by atoms with E-state index < -0.39 is 0 Å². The van der Waals surface area contributed by atoms with Gasteiger partial charge in [0, 0.05) is 11.4 Å². The molecule has 2 aromatic heterocycles. The normalized spacial score (nSPS) is 10.5. The molecule has 0 spiro atoms. The van der Waals surface area contributed by atoms with Gasteiger partial charge in [-0.15, -0.1) is 11.3 Å². The Morgan fingerprint density at radius 2 is 2.12 bits per heavy atom. The third kappa shape index (κ3) is 2.97. The summed E-state index contributed by atoms with van der Waals surface area (Å²) in [5, 5.41) is 5.45. The third-order valence-electron chi connectivity index (χ3n) is 2.75. The fraction of sp³-hybridized carbons (Fsp3) is 0.308. The summed E-state index contributed by atoms with van der Waals surface area (Å²) in [6.07, 6.45) is 1.04. The van der Waals surface area contributed by atoms with Crippen LogP contribution >= 0.6 is 11.3 Å². The molecule has 3 N–H and O–H groups in total. The second-order valence-electron chi connectivity index (χ2n) is 4.07. The molecule has 0 fully saturated rings. The van der Waals surface area contributed by atoms with Gasteiger partial charge in [0.2, 0.25) is 0 Å². The Hall–Kier alpha value is -1.55. The van der Waals surface area contributed by atoms with E-state index in [4.69, 9.17) is 5.73 Å². The molecule has 2 heterocycles. The minimum absolute atomic E-state index is 0.740. The van der Waals surface area contributed by atoms with Crippen LogP contribution in [0.3, 0.4) is 0 Å². The maximum atomic E-state index is 5.73. The number of hydrogen-bond acceptors (Lipinski definition) is 4. The highest BCUT2D eigenvalue weighted by Gasteiger charge is 2.01. The minimum atomic E-state index is 0.740. The van der Waals surface area contributed by atoms with Gasteiger partial charge in [-0.1, -0.05) is 0 Å². The number of anilines is 2. The summed E-state index contributed by atoms with van der Waals surface area (Å²) in [5.41, 5.74) is 8.72. The highest BCUT2D eigenvalue weighted by molar-refractivity contribution is 7.10. The molecule has 90 valence electrons. The Labute approximate surface area is 106 Å². The molecule has 2 rings (SSSR count). The number of hydrogen-bond donors (Lipinski definition) is 2. The van der Waals surface area contributed by atoms with Crippen LogP contribution in [0, 0.1) is 13.8 Å². The maximum Gasteiger partial charge on any atom is 0.126 e. The number of nitrogens with one attached hydrogen (secondary N) is 1. The van der Waals surface area contributed by atoms with Crippen LogP contribution in [-0.4, -0.2) is 11.5 Å². The monoisotopic (exact) mass is 247 g/mol. The first kappa shape index (κ1) is 11.9. The number of pyridine rings is 1. The van der Waals surface area contributed by atoms with Crippen LogP contribution in [0.5, 0.6) is 0 Å². The Morgan fingerprint density at radius 3 is 2.76 bits per heavy atom. The van der Waals surface area contributed by atoms with Crippen molar-refractivity contribution < 1.29 is 0 Å². The average Bonchev–Trinajstić information content (AvgIpc) is 2.70. The standard InChI is InChI=1S/C13H17N3S/c1-9-6-8-17-12(9)5-7-15-13-4-3-11(14)10(2)16-13/h3-4,6,8H,5,7,14H2,1-2H3,(H,15,16). The zero-order valence-corrected chi connectivity index (χ0v) is 11.0. The average molecular weight is 247 g/mol. The lowest BCUT2D eigenvalue weighted by atomic mass is 10.2. The quantitative estimate of drug-likeness (QED) is 0.873. The van der Waals surface area contributed by atoms with Crippen molar-refractivity contribution in [2.75, 3.05) is 17.6 Å². The van der Waals surface area contributed by atoms with Gasteiger partial charge >= 0.3 is 0 Å². The van der Waals surface area contributed by atoms with Crippen molar-refractivity contribution in [1.82, 2.24) is 4.98 Å². The molecule has 0 bridgehead atoms. The summed E-state index contributed by atoms with van der Waals surface area (Å²) in [6.45, 7) is 4.97. The molecular weight excluding hydrogens is 230 g/mol. The van der Waals surface area contributed by atoms with Crippen molar-refractivity contribution in [2.24, 2.45) is 0 Å². The Balaban J connectivity index is 1.90. The molecule has 2 aromatic rings. The second kappa shape index (κ2) is 5.19. The molecule has 3 nitrogen and oxygen atoms in total. The zero-order valence-electron chi connectivity index (χ0n) is 10.2. The van der Waals surface area contributed by atoms with E-state index in [1.54, 1.807) is 0 Å². The number of nitrogens with two attached hydrogens (primary N) is 1. The van der Waals surface area contributed by atoms with E-state index in [-0.39, 0.29) is 0 Å². The second-order valence-corrected chi connectivity index (χ2v) is 5.08. The first-order chi connectivity index (χ1) is 8.16. The van der Waals surface area contributed by atoms with Crippen LogP contribution in [0.1, 0.15) is 16.1 Å². The van der Waals surface area contributed by atoms with Gasteiger partial charge in [-0.2, -0.15) is 0 Å². The number of nitrogens with zero attached hydrogens (tertiary/aromatic N) is 1. The molecule has 17 heavy (non-hydrogen) atoms. The van der Waals surface area contributed by atoms with Crippen LogP contribution < -0.4 is 11.1 Å². The fourth-order valence-corrected chi connectivity index (χ4v) is 2.54. The van der Waals surface area contributed by atoms with E-state index in [9.17, 15) is 0 Å². The predicted octanol–water partition coefficient (Wildman–Crippen LogP) is 3.00. The molecule has 0 aliphatic carbocycles. The van der Waals surface area contributed by atoms with Gasteiger partial charge in [-0.25, -0.2) is 4.98 Å². The van der Waals surface area contributed by atoms with Crippen LogP contribution in [0.25, 0.3) is 0 Å². The number of rotatable bonds is 4. The highest BCUT2D eigenvalue weighted by Crippen LogP contribution is 2.16.